The minimum atomic E-state index is -0.272. The molecule has 0 unspecified atom stereocenters. The summed E-state index contributed by atoms with van der Waals surface area (Å²) in [6, 6.07) is 7.75. The Balaban J connectivity index is 1.49. The van der Waals surface area contributed by atoms with E-state index in [4.69, 9.17) is 9.72 Å². The third-order valence-electron chi connectivity index (χ3n) is 5.50. The van der Waals surface area contributed by atoms with Crippen LogP contribution in [0.1, 0.15) is 19.0 Å². The predicted octanol–water partition coefficient (Wildman–Crippen LogP) is 3.27. The Morgan fingerprint density at radius 3 is 3.00 bits per heavy atom. The van der Waals surface area contributed by atoms with Crippen LogP contribution in [0.2, 0.25) is 0 Å². The number of hydrogen-bond donors (Lipinski definition) is 1. The third kappa shape index (κ3) is 3.63. The highest BCUT2D eigenvalue weighted by atomic mass is 16.5. The molecule has 158 valence electrons. The molecule has 5 rings (SSSR count). The lowest BCUT2D eigenvalue weighted by Gasteiger charge is -2.35. The van der Waals surface area contributed by atoms with Gasteiger partial charge in [0.1, 0.15) is 0 Å². The van der Waals surface area contributed by atoms with Crippen LogP contribution in [-0.4, -0.2) is 51.7 Å². The lowest BCUT2D eigenvalue weighted by Crippen LogP contribution is -2.48. The van der Waals surface area contributed by atoms with Crippen LogP contribution in [0.5, 0.6) is 5.88 Å². The van der Waals surface area contributed by atoms with Gasteiger partial charge in [0.05, 0.1) is 36.4 Å². The molecule has 9 nitrogen and oxygen atoms in total. The third-order valence-corrected chi connectivity index (χ3v) is 5.50. The predicted molar refractivity (Wildman–Crippen MR) is 118 cm³/mol. The van der Waals surface area contributed by atoms with Crippen LogP contribution in [0.25, 0.3) is 11.3 Å². The summed E-state index contributed by atoms with van der Waals surface area (Å²) in [5, 5.41) is 2.87. The molecule has 0 saturated carbocycles. The van der Waals surface area contributed by atoms with Gasteiger partial charge < -0.3 is 9.64 Å². The second kappa shape index (κ2) is 7.82. The monoisotopic (exact) mass is 417 g/mol. The number of aryl methyl sites for hydroxylation is 1. The molecule has 0 spiro atoms. The number of ether oxygens (including phenoxy) is 1. The van der Waals surface area contributed by atoms with Crippen LogP contribution in [0.3, 0.4) is 0 Å². The molecule has 1 fully saturated rings. The van der Waals surface area contributed by atoms with Gasteiger partial charge in [0.2, 0.25) is 5.88 Å². The summed E-state index contributed by atoms with van der Waals surface area (Å²) in [6.07, 6.45) is 5.69. The molecule has 1 N–H and O–H groups in total. The normalized spacial score (nSPS) is 16.8. The largest absolute Gasteiger partial charge is 0.477 e. The molecule has 9 heteroatoms. The minimum absolute atomic E-state index is 0.0532. The molecular formula is C22H23N7O2. The van der Waals surface area contributed by atoms with Crippen molar-refractivity contribution >= 4 is 23.4 Å². The van der Waals surface area contributed by atoms with Crippen molar-refractivity contribution in [3.8, 4) is 17.1 Å². The van der Waals surface area contributed by atoms with Crippen LogP contribution >= 0.6 is 0 Å². The van der Waals surface area contributed by atoms with Gasteiger partial charge in [-0.15, -0.1) is 0 Å². The maximum absolute atomic E-state index is 13.3. The first-order chi connectivity index (χ1) is 15.1. The Kier molecular flexibility index (Phi) is 4.85. The van der Waals surface area contributed by atoms with Crippen molar-refractivity contribution in [2.45, 2.75) is 26.3 Å². The fraction of sp³-hybridized carbons (Fsp3) is 0.318. The van der Waals surface area contributed by atoms with E-state index in [1.165, 1.54) is 12.4 Å². The maximum Gasteiger partial charge on any atom is 0.329 e. The Hall–Kier alpha value is -3.75. The number of nitrogens with one attached hydrogen (secondary N) is 1. The Morgan fingerprint density at radius 1 is 1.26 bits per heavy atom. The quantitative estimate of drug-likeness (QED) is 0.696. The van der Waals surface area contributed by atoms with E-state index >= 15 is 0 Å². The van der Waals surface area contributed by atoms with Crippen LogP contribution in [-0.2, 0) is 0 Å². The van der Waals surface area contributed by atoms with Gasteiger partial charge in [-0.2, -0.15) is 4.98 Å². The van der Waals surface area contributed by atoms with Gasteiger partial charge in [-0.25, -0.2) is 9.78 Å². The number of rotatable bonds is 4. The van der Waals surface area contributed by atoms with Crippen LogP contribution in [0, 0.1) is 6.92 Å². The average molecular weight is 417 g/mol. The Bertz CT molecular complexity index is 1140. The molecule has 2 aliphatic heterocycles. The number of fused-ring (bicyclic) bond motifs is 4. The first-order valence-corrected chi connectivity index (χ1v) is 10.4. The summed E-state index contributed by atoms with van der Waals surface area (Å²) in [5.41, 5.74) is 3.66. The van der Waals surface area contributed by atoms with Crippen LogP contribution in [0.4, 0.5) is 22.1 Å². The number of amides is 2. The van der Waals surface area contributed by atoms with E-state index in [0.717, 1.165) is 42.1 Å². The van der Waals surface area contributed by atoms with E-state index < -0.39 is 0 Å². The summed E-state index contributed by atoms with van der Waals surface area (Å²) in [4.78, 5) is 34.9. The lowest BCUT2D eigenvalue weighted by molar-refractivity contribution is 0.254. The van der Waals surface area contributed by atoms with Crippen molar-refractivity contribution in [2.24, 2.45) is 0 Å². The zero-order chi connectivity index (χ0) is 21.4. The van der Waals surface area contributed by atoms with Crippen molar-refractivity contribution < 1.29 is 9.53 Å². The van der Waals surface area contributed by atoms with Crippen LogP contribution < -0.4 is 19.9 Å². The summed E-state index contributed by atoms with van der Waals surface area (Å²) in [5.74, 6) is 1.38. The van der Waals surface area contributed by atoms with E-state index in [0.29, 0.717) is 24.1 Å². The summed E-state index contributed by atoms with van der Waals surface area (Å²) in [7, 11) is 0. The molecule has 5 heterocycles. The lowest BCUT2D eigenvalue weighted by atomic mass is 10.1. The first kappa shape index (κ1) is 19.2. The smallest absolute Gasteiger partial charge is 0.329 e. The topological polar surface area (TPSA) is 96.4 Å². The Labute approximate surface area is 180 Å². The standard InChI is InChI=1S/C22H23N7O2/c1-3-31-20-12-23-11-19(26-20)27-22(30)29-16-7-9-28(13-16)18-5-4-17(25-21(18)29)15-6-8-24-14(2)10-15/h4-6,8,10-12,16H,3,7,9,13H2,1-2H3,(H,26,27,30)/t16-/m0/s1. The van der Waals surface area contributed by atoms with Crippen molar-refractivity contribution in [3.63, 3.8) is 0 Å². The van der Waals surface area contributed by atoms with Gasteiger partial charge in [-0.05, 0) is 44.5 Å². The van der Waals surface area contributed by atoms with Crippen molar-refractivity contribution in [2.75, 3.05) is 34.8 Å². The van der Waals surface area contributed by atoms with E-state index in [1.54, 1.807) is 11.1 Å². The second-order valence-corrected chi connectivity index (χ2v) is 7.59. The zero-order valence-electron chi connectivity index (χ0n) is 17.4. The molecule has 1 atom stereocenters. The average Bonchev–Trinajstić information content (AvgIpc) is 3.18. The molecule has 2 aliphatic rings. The molecule has 0 radical (unpaired) electrons. The summed E-state index contributed by atoms with van der Waals surface area (Å²) < 4.78 is 5.39. The fourth-order valence-electron chi connectivity index (χ4n) is 4.13. The molecule has 3 aromatic rings. The molecular weight excluding hydrogens is 394 g/mol. The first-order valence-electron chi connectivity index (χ1n) is 10.4. The van der Waals surface area contributed by atoms with E-state index in [-0.39, 0.29) is 12.1 Å². The van der Waals surface area contributed by atoms with E-state index in [2.05, 4.69) is 25.2 Å². The van der Waals surface area contributed by atoms with Crippen molar-refractivity contribution in [3.05, 3.63) is 48.5 Å². The van der Waals surface area contributed by atoms with Crippen molar-refractivity contribution in [1.29, 1.82) is 0 Å². The number of urea groups is 1. The zero-order valence-corrected chi connectivity index (χ0v) is 17.4. The number of pyridine rings is 2. The molecule has 3 aromatic heterocycles. The number of hydrogen-bond acceptors (Lipinski definition) is 7. The number of aromatic nitrogens is 4. The highest BCUT2D eigenvalue weighted by Gasteiger charge is 2.40. The van der Waals surface area contributed by atoms with Crippen molar-refractivity contribution in [1.82, 2.24) is 19.9 Å². The SMILES string of the molecule is CCOc1cncc(NC(=O)N2c3nc(-c4ccnc(C)c4)ccc3N3CC[C@H]2C3)n1. The summed E-state index contributed by atoms with van der Waals surface area (Å²) >= 11 is 0. The van der Waals surface area contributed by atoms with E-state index in [1.807, 2.05) is 38.1 Å². The van der Waals surface area contributed by atoms with Gasteiger partial charge in [-0.3, -0.25) is 20.2 Å². The number of anilines is 3. The number of nitrogens with zero attached hydrogens (tertiary/aromatic N) is 6. The van der Waals surface area contributed by atoms with Gasteiger partial charge in [-0.1, -0.05) is 0 Å². The Morgan fingerprint density at radius 2 is 2.16 bits per heavy atom. The highest BCUT2D eigenvalue weighted by Crippen LogP contribution is 2.40. The van der Waals surface area contributed by atoms with Gasteiger partial charge in [0, 0.05) is 30.5 Å². The number of carbonyl (C=O) groups excluding carboxylic acids is 1. The van der Waals surface area contributed by atoms with E-state index in [9.17, 15) is 4.79 Å². The molecule has 2 amide bonds. The molecule has 31 heavy (non-hydrogen) atoms. The van der Waals surface area contributed by atoms with Gasteiger partial charge in [0.15, 0.2) is 11.6 Å². The van der Waals surface area contributed by atoms with Gasteiger partial charge in [0.25, 0.3) is 0 Å². The van der Waals surface area contributed by atoms with Gasteiger partial charge >= 0.3 is 6.03 Å². The highest BCUT2D eigenvalue weighted by molar-refractivity contribution is 6.04. The minimum Gasteiger partial charge on any atom is -0.477 e. The van der Waals surface area contributed by atoms with Crippen LogP contribution in [0.15, 0.2) is 42.9 Å². The molecule has 0 aliphatic carbocycles. The fourth-order valence-corrected chi connectivity index (χ4v) is 4.13. The molecule has 2 bridgehead atoms. The molecule has 0 aromatic carbocycles. The maximum atomic E-state index is 13.3. The second-order valence-electron chi connectivity index (χ2n) is 7.59. The number of carbonyl (C=O) groups is 1. The summed E-state index contributed by atoms with van der Waals surface area (Å²) in [6.45, 7) is 5.99. The molecule has 1 saturated heterocycles.